The lowest BCUT2D eigenvalue weighted by atomic mass is 9.87. The van der Waals surface area contributed by atoms with Crippen molar-refractivity contribution in [3.8, 4) is 0 Å². The summed E-state index contributed by atoms with van der Waals surface area (Å²) in [4.78, 5) is 15.8. The zero-order valence-corrected chi connectivity index (χ0v) is 12.3. The summed E-state index contributed by atoms with van der Waals surface area (Å²) in [6, 6.07) is 3.56. The van der Waals surface area contributed by atoms with Crippen LogP contribution >= 0.6 is 24.0 Å². The number of hydrogen-bond donors (Lipinski definition) is 1. The van der Waals surface area contributed by atoms with Crippen LogP contribution in [-0.4, -0.2) is 30.1 Å². The summed E-state index contributed by atoms with van der Waals surface area (Å²) in [5.74, 6) is 0.176. The number of aromatic nitrogens is 1. The van der Waals surface area contributed by atoms with Crippen LogP contribution in [0.25, 0.3) is 0 Å². The number of carbonyl (C=O) groups excluding carboxylic acids is 1. The molecule has 0 spiro atoms. The minimum absolute atomic E-state index is 0. The second-order valence-electron chi connectivity index (χ2n) is 4.39. The van der Waals surface area contributed by atoms with E-state index < -0.39 is 0 Å². The van der Waals surface area contributed by atoms with Crippen molar-refractivity contribution < 1.29 is 9.53 Å². The van der Waals surface area contributed by atoms with Crippen molar-refractivity contribution in [2.45, 2.75) is 31.7 Å². The number of pyridine rings is 1. The van der Waals surface area contributed by atoms with E-state index in [0.717, 1.165) is 24.9 Å². The van der Waals surface area contributed by atoms with Crippen LogP contribution in [0.4, 0.5) is 0 Å². The highest BCUT2D eigenvalue weighted by Crippen LogP contribution is 2.28. The number of hydrogen-bond acceptors (Lipinski definition) is 4. The summed E-state index contributed by atoms with van der Waals surface area (Å²) in [6.45, 7) is 3.06. The number of esters is 1. The number of nitrogens with one attached hydrogen (secondary N) is 1. The molecule has 0 saturated carbocycles. The maximum atomic E-state index is 11.7. The Morgan fingerprint density at radius 1 is 1.58 bits per heavy atom. The predicted octanol–water partition coefficient (Wildman–Crippen LogP) is 2.56. The number of rotatable bonds is 3. The Kier molecular flexibility index (Phi) is 6.55. The third kappa shape index (κ3) is 4.34. The van der Waals surface area contributed by atoms with Crippen LogP contribution in [0.3, 0.4) is 0 Å². The van der Waals surface area contributed by atoms with Gasteiger partial charge in [0.2, 0.25) is 0 Å². The fourth-order valence-electron chi connectivity index (χ4n) is 2.27. The molecule has 0 bridgehead atoms. The topological polar surface area (TPSA) is 51.2 Å². The van der Waals surface area contributed by atoms with E-state index in [-0.39, 0.29) is 24.4 Å². The summed E-state index contributed by atoms with van der Waals surface area (Å²) in [7, 11) is 0. The van der Waals surface area contributed by atoms with Crippen LogP contribution in [0.1, 0.15) is 31.2 Å². The smallest absolute Gasteiger partial charge is 0.323 e. The highest BCUT2D eigenvalue weighted by Gasteiger charge is 2.28. The molecule has 0 amide bonds. The van der Waals surface area contributed by atoms with Gasteiger partial charge in [0.15, 0.2) is 0 Å². The second kappa shape index (κ2) is 7.68. The van der Waals surface area contributed by atoms with Crippen molar-refractivity contribution in [2.24, 2.45) is 0 Å². The molecule has 2 rings (SSSR count). The van der Waals surface area contributed by atoms with Gasteiger partial charge in [0.05, 0.1) is 6.61 Å². The number of nitrogens with zero attached hydrogens (tertiary/aromatic N) is 1. The Hall–Kier alpha value is -0.840. The molecule has 1 saturated heterocycles. The third-order valence-electron chi connectivity index (χ3n) is 3.20. The van der Waals surface area contributed by atoms with Crippen LogP contribution in [0.15, 0.2) is 18.3 Å². The Morgan fingerprint density at radius 2 is 2.37 bits per heavy atom. The monoisotopic (exact) mass is 304 g/mol. The van der Waals surface area contributed by atoms with Gasteiger partial charge in [-0.05, 0) is 43.9 Å². The van der Waals surface area contributed by atoms with Crippen LogP contribution in [0, 0.1) is 0 Å². The van der Waals surface area contributed by atoms with Crippen molar-refractivity contribution >= 4 is 30.0 Å². The molecule has 6 heteroatoms. The summed E-state index contributed by atoms with van der Waals surface area (Å²) in [5.41, 5.74) is 1.13. The van der Waals surface area contributed by atoms with Gasteiger partial charge in [-0.15, -0.1) is 12.4 Å². The van der Waals surface area contributed by atoms with Gasteiger partial charge in [0, 0.05) is 6.20 Å². The van der Waals surface area contributed by atoms with E-state index in [2.05, 4.69) is 10.3 Å². The van der Waals surface area contributed by atoms with Crippen molar-refractivity contribution in [1.82, 2.24) is 10.3 Å². The van der Waals surface area contributed by atoms with Gasteiger partial charge in [0.25, 0.3) is 0 Å². The molecule has 1 aliphatic heterocycles. The minimum atomic E-state index is -0.209. The molecule has 2 atom stereocenters. The van der Waals surface area contributed by atoms with Crippen molar-refractivity contribution in [2.75, 3.05) is 13.2 Å². The van der Waals surface area contributed by atoms with Crippen molar-refractivity contribution in [3.05, 3.63) is 29.0 Å². The van der Waals surface area contributed by atoms with Crippen LogP contribution in [0.5, 0.6) is 0 Å². The number of piperidine rings is 1. The van der Waals surface area contributed by atoms with E-state index in [1.807, 2.05) is 13.0 Å². The fraction of sp³-hybridized carbons (Fsp3) is 0.538. The first-order valence-corrected chi connectivity index (χ1v) is 6.60. The Balaban J connectivity index is 0.00000180. The number of carbonyl (C=O) groups is 1. The Morgan fingerprint density at radius 3 is 3.00 bits per heavy atom. The summed E-state index contributed by atoms with van der Waals surface area (Å²) in [6.07, 6.45) is 3.54. The van der Waals surface area contributed by atoms with E-state index >= 15 is 0 Å². The van der Waals surface area contributed by atoms with E-state index in [1.165, 1.54) is 0 Å². The molecule has 0 aromatic carbocycles. The van der Waals surface area contributed by atoms with E-state index in [0.29, 0.717) is 17.7 Å². The van der Waals surface area contributed by atoms with Gasteiger partial charge in [-0.25, -0.2) is 4.98 Å². The number of halogens is 2. The average molecular weight is 305 g/mol. The van der Waals surface area contributed by atoms with Gasteiger partial charge in [0.1, 0.15) is 11.2 Å². The van der Waals surface area contributed by atoms with Gasteiger partial charge in [-0.1, -0.05) is 17.7 Å². The van der Waals surface area contributed by atoms with E-state index in [9.17, 15) is 4.79 Å². The molecule has 2 heterocycles. The molecule has 4 nitrogen and oxygen atoms in total. The Labute approximate surface area is 124 Å². The molecule has 1 N–H and O–H groups in total. The predicted molar refractivity (Wildman–Crippen MR) is 76.9 cm³/mol. The van der Waals surface area contributed by atoms with Crippen LogP contribution < -0.4 is 5.32 Å². The molecular formula is C13H18Cl2N2O2. The normalized spacial score (nSPS) is 22.4. The third-order valence-corrected chi connectivity index (χ3v) is 3.42. The maximum absolute atomic E-state index is 11.7. The standard InChI is InChI=1S/C13H17ClN2O2.ClH/c1-2-18-13(17)11-7-9(5-6-15-11)10-3-4-12(14)16-8-10;/h3-4,8-9,11,15H,2,5-7H2,1H3;1H. The largest absolute Gasteiger partial charge is 0.465 e. The first kappa shape index (κ1) is 16.2. The molecule has 1 aromatic heterocycles. The second-order valence-corrected chi connectivity index (χ2v) is 4.78. The zero-order chi connectivity index (χ0) is 13.0. The molecule has 2 unspecified atom stereocenters. The lowest BCUT2D eigenvalue weighted by molar-refractivity contribution is -0.146. The highest BCUT2D eigenvalue weighted by molar-refractivity contribution is 6.29. The maximum Gasteiger partial charge on any atom is 0.323 e. The molecule has 106 valence electrons. The Bertz CT molecular complexity index is 412. The highest BCUT2D eigenvalue weighted by atomic mass is 35.5. The van der Waals surface area contributed by atoms with Gasteiger partial charge in [-0.3, -0.25) is 4.79 Å². The molecule has 0 aliphatic carbocycles. The van der Waals surface area contributed by atoms with Crippen LogP contribution in [0.2, 0.25) is 5.15 Å². The molecule has 0 radical (unpaired) electrons. The lowest BCUT2D eigenvalue weighted by Crippen LogP contribution is -2.43. The van der Waals surface area contributed by atoms with Gasteiger partial charge < -0.3 is 10.1 Å². The SMILES string of the molecule is CCOC(=O)C1CC(c2ccc(Cl)nc2)CCN1.Cl. The molecule has 1 aliphatic rings. The summed E-state index contributed by atoms with van der Waals surface area (Å²) >= 11 is 5.77. The van der Waals surface area contributed by atoms with Crippen molar-refractivity contribution in [3.63, 3.8) is 0 Å². The van der Waals surface area contributed by atoms with Gasteiger partial charge >= 0.3 is 5.97 Å². The van der Waals surface area contributed by atoms with Crippen molar-refractivity contribution in [1.29, 1.82) is 0 Å². The molecule has 19 heavy (non-hydrogen) atoms. The zero-order valence-electron chi connectivity index (χ0n) is 10.8. The minimum Gasteiger partial charge on any atom is -0.465 e. The molecular weight excluding hydrogens is 287 g/mol. The first-order valence-electron chi connectivity index (χ1n) is 6.22. The summed E-state index contributed by atoms with van der Waals surface area (Å²) < 4.78 is 5.05. The lowest BCUT2D eigenvalue weighted by Gasteiger charge is -2.29. The fourth-order valence-corrected chi connectivity index (χ4v) is 2.38. The molecule has 1 aromatic rings. The van der Waals surface area contributed by atoms with Gasteiger partial charge in [-0.2, -0.15) is 0 Å². The average Bonchev–Trinajstić information content (AvgIpc) is 2.40. The van der Waals surface area contributed by atoms with E-state index in [4.69, 9.17) is 16.3 Å². The molecule has 1 fully saturated rings. The van der Waals surface area contributed by atoms with Crippen LogP contribution in [-0.2, 0) is 9.53 Å². The number of ether oxygens (including phenoxy) is 1. The quantitative estimate of drug-likeness (QED) is 0.689. The summed E-state index contributed by atoms with van der Waals surface area (Å²) in [5, 5.41) is 3.69. The van der Waals surface area contributed by atoms with E-state index in [1.54, 1.807) is 12.3 Å². The first-order chi connectivity index (χ1) is 8.70.